The van der Waals surface area contributed by atoms with Gasteiger partial charge in [-0.3, -0.25) is 4.79 Å². The molecule has 0 heterocycles. The first kappa shape index (κ1) is 14.7. The summed E-state index contributed by atoms with van der Waals surface area (Å²) in [6, 6.07) is 16.6. The minimum Gasteiger partial charge on any atom is -0.478 e. The average molecular weight is 280 g/mol. The van der Waals surface area contributed by atoms with E-state index in [0.717, 1.165) is 17.2 Å². The van der Waals surface area contributed by atoms with Crippen LogP contribution in [0, 0.1) is 0 Å². The van der Waals surface area contributed by atoms with Gasteiger partial charge in [0.15, 0.2) is 5.78 Å². The first-order valence-corrected chi connectivity index (χ1v) is 6.65. The van der Waals surface area contributed by atoms with Crippen molar-refractivity contribution < 1.29 is 14.7 Å². The van der Waals surface area contributed by atoms with Gasteiger partial charge in [0, 0.05) is 18.1 Å². The minimum atomic E-state index is -0.975. The average Bonchev–Trinajstić information content (AvgIpc) is 2.47. The van der Waals surface area contributed by atoms with Crippen LogP contribution in [-0.2, 0) is 11.2 Å². The lowest BCUT2D eigenvalue weighted by atomic mass is 10.00. The van der Waals surface area contributed by atoms with Gasteiger partial charge in [-0.25, -0.2) is 4.79 Å². The number of carboxylic acid groups (broad SMARTS) is 1. The van der Waals surface area contributed by atoms with Crippen molar-refractivity contribution in [2.45, 2.75) is 13.3 Å². The van der Waals surface area contributed by atoms with Gasteiger partial charge in [-0.05, 0) is 23.6 Å². The zero-order valence-electron chi connectivity index (χ0n) is 11.7. The maximum absolute atomic E-state index is 12.2. The molecule has 0 amide bonds. The summed E-state index contributed by atoms with van der Waals surface area (Å²) in [6.07, 6.45) is 1.52. The summed E-state index contributed by atoms with van der Waals surface area (Å²) in [4.78, 5) is 22.8. The second kappa shape index (κ2) is 6.66. The molecule has 0 unspecified atom stereocenters. The lowest BCUT2D eigenvalue weighted by molar-refractivity contribution is -0.131. The molecule has 0 radical (unpaired) electrons. The standard InChI is InChI=1S/C18H16O3/c1-13(11-18(20)21)15-7-9-16(10-8-15)17(19)12-14-5-3-2-4-6-14/h2-11H,12H2,1H3,(H,20,21). The number of rotatable bonds is 5. The molecule has 106 valence electrons. The molecule has 2 aromatic rings. The van der Waals surface area contributed by atoms with Gasteiger partial charge in [-0.15, -0.1) is 0 Å². The topological polar surface area (TPSA) is 54.4 Å². The Hall–Kier alpha value is -2.68. The summed E-state index contributed by atoms with van der Waals surface area (Å²) in [6.45, 7) is 1.73. The third-order valence-corrected chi connectivity index (χ3v) is 3.21. The number of carbonyl (C=O) groups excluding carboxylic acids is 1. The first-order valence-electron chi connectivity index (χ1n) is 6.65. The van der Waals surface area contributed by atoms with E-state index in [0.29, 0.717) is 17.6 Å². The van der Waals surface area contributed by atoms with E-state index >= 15 is 0 Å². The maximum Gasteiger partial charge on any atom is 0.328 e. The normalized spacial score (nSPS) is 11.2. The predicted molar refractivity (Wildman–Crippen MR) is 82.2 cm³/mol. The SMILES string of the molecule is CC(=CC(=O)O)c1ccc(C(=O)Cc2ccccc2)cc1. The highest BCUT2D eigenvalue weighted by Gasteiger charge is 2.07. The fourth-order valence-corrected chi connectivity index (χ4v) is 2.07. The quantitative estimate of drug-likeness (QED) is 0.672. The van der Waals surface area contributed by atoms with Crippen molar-refractivity contribution in [2.24, 2.45) is 0 Å². The highest BCUT2D eigenvalue weighted by molar-refractivity contribution is 5.98. The molecule has 0 spiro atoms. The molecule has 3 nitrogen and oxygen atoms in total. The number of allylic oxidation sites excluding steroid dienone is 1. The molecular formula is C18H16O3. The second-order valence-electron chi connectivity index (χ2n) is 4.83. The highest BCUT2D eigenvalue weighted by atomic mass is 16.4. The van der Waals surface area contributed by atoms with Crippen molar-refractivity contribution in [3.63, 3.8) is 0 Å². The number of Topliss-reactive ketones (excluding diaryl/α,β-unsaturated/α-hetero) is 1. The summed E-state index contributed by atoms with van der Waals surface area (Å²) in [5, 5.41) is 8.72. The van der Waals surface area contributed by atoms with Gasteiger partial charge in [-0.2, -0.15) is 0 Å². The zero-order chi connectivity index (χ0) is 15.2. The van der Waals surface area contributed by atoms with Crippen LogP contribution in [0.5, 0.6) is 0 Å². The van der Waals surface area contributed by atoms with E-state index in [2.05, 4.69) is 0 Å². The first-order chi connectivity index (χ1) is 10.1. The van der Waals surface area contributed by atoms with Crippen molar-refractivity contribution >= 4 is 17.3 Å². The molecule has 0 atom stereocenters. The largest absolute Gasteiger partial charge is 0.478 e. The van der Waals surface area contributed by atoms with E-state index in [1.165, 1.54) is 0 Å². The molecule has 0 aliphatic carbocycles. The van der Waals surface area contributed by atoms with Crippen LogP contribution in [-0.4, -0.2) is 16.9 Å². The molecule has 2 rings (SSSR count). The Morgan fingerprint density at radius 2 is 1.52 bits per heavy atom. The van der Waals surface area contributed by atoms with Crippen LogP contribution in [0.1, 0.15) is 28.4 Å². The van der Waals surface area contributed by atoms with Crippen molar-refractivity contribution in [3.05, 3.63) is 77.4 Å². The van der Waals surface area contributed by atoms with Gasteiger partial charge in [0.25, 0.3) is 0 Å². The molecule has 0 fully saturated rings. The Kier molecular flexibility index (Phi) is 4.67. The summed E-state index contributed by atoms with van der Waals surface area (Å²) in [7, 11) is 0. The molecule has 2 aromatic carbocycles. The molecule has 0 aliphatic rings. The summed E-state index contributed by atoms with van der Waals surface area (Å²) in [5.74, 6) is -0.927. The van der Waals surface area contributed by atoms with E-state index < -0.39 is 5.97 Å². The monoisotopic (exact) mass is 280 g/mol. The smallest absolute Gasteiger partial charge is 0.328 e. The number of carbonyl (C=O) groups is 2. The van der Waals surface area contributed by atoms with E-state index in [1.807, 2.05) is 30.3 Å². The van der Waals surface area contributed by atoms with E-state index in [4.69, 9.17) is 5.11 Å². The lowest BCUT2D eigenvalue weighted by Gasteiger charge is -2.04. The number of benzene rings is 2. The van der Waals surface area contributed by atoms with Gasteiger partial charge >= 0.3 is 5.97 Å². The number of ketones is 1. The Morgan fingerprint density at radius 1 is 0.952 bits per heavy atom. The molecule has 0 bridgehead atoms. The van der Waals surface area contributed by atoms with Gasteiger partial charge < -0.3 is 5.11 Å². The molecule has 21 heavy (non-hydrogen) atoms. The summed E-state index contributed by atoms with van der Waals surface area (Å²) in [5.41, 5.74) is 3.07. The Balaban J connectivity index is 2.12. The summed E-state index contributed by atoms with van der Waals surface area (Å²) >= 11 is 0. The number of aliphatic carboxylic acids is 1. The molecule has 0 aromatic heterocycles. The molecule has 1 N–H and O–H groups in total. The Bertz CT molecular complexity index is 667. The van der Waals surface area contributed by atoms with E-state index in [1.54, 1.807) is 31.2 Å². The lowest BCUT2D eigenvalue weighted by Crippen LogP contribution is -2.03. The third-order valence-electron chi connectivity index (χ3n) is 3.21. The molecular weight excluding hydrogens is 264 g/mol. The van der Waals surface area contributed by atoms with E-state index in [9.17, 15) is 9.59 Å². The minimum absolute atomic E-state index is 0.0487. The number of hydrogen-bond acceptors (Lipinski definition) is 2. The third kappa shape index (κ3) is 4.14. The van der Waals surface area contributed by atoms with Crippen LogP contribution in [0.3, 0.4) is 0 Å². The van der Waals surface area contributed by atoms with Crippen LogP contribution in [0.4, 0.5) is 0 Å². The van der Waals surface area contributed by atoms with Crippen LogP contribution in [0.15, 0.2) is 60.7 Å². The number of hydrogen-bond donors (Lipinski definition) is 1. The molecule has 0 saturated heterocycles. The Labute approximate surface area is 123 Å². The predicted octanol–water partition coefficient (Wildman–Crippen LogP) is 3.60. The van der Waals surface area contributed by atoms with Gasteiger partial charge in [0.2, 0.25) is 0 Å². The van der Waals surface area contributed by atoms with Crippen LogP contribution in [0.2, 0.25) is 0 Å². The van der Waals surface area contributed by atoms with Crippen LogP contribution < -0.4 is 0 Å². The maximum atomic E-state index is 12.2. The molecule has 0 saturated carbocycles. The Morgan fingerprint density at radius 3 is 2.10 bits per heavy atom. The van der Waals surface area contributed by atoms with Crippen molar-refractivity contribution in [1.82, 2.24) is 0 Å². The van der Waals surface area contributed by atoms with E-state index in [-0.39, 0.29) is 5.78 Å². The summed E-state index contributed by atoms with van der Waals surface area (Å²) < 4.78 is 0. The van der Waals surface area contributed by atoms with Crippen molar-refractivity contribution in [2.75, 3.05) is 0 Å². The fraction of sp³-hybridized carbons (Fsp3) is 0.111. The van der Waals surface area contributed by atoms with Crippen molar-refractivity contribution in [3.8, 4) is 0 Å². The van der Waals surface area contributed by atoms with Gasteiger partial charge in [-0.1, -0.05) is 54.6 Å². The molecule has 3 heteroatoms. The van der Waals surface area contributed by atoms with Crippen molar-refractivity contribution in [1.29, 1.82) is 0 Å². The zero-order valence-corrected chi connectivity index (χ0v) is 11.7. The van der Waals surface area contributed by atoms with Gasteiger partial charge in [0.1, 0.15) is 0 Å². The number of carboxylic acids is 1. The van der Waals surface area contributed by atoms with Crippen LogP contribution in [0.25, 0.3) is 5.57 Å². The highest BCUT2D eigenvalue weighted by Crippen LogP contribution is 2.15. The van der Waals surface area contributed by atoms with Crippen LogP contribution >= 0.6 is 0 Å². The van der Waals surface area contributed by atoms with Gasteiger partial charge in [0.05, 0.1) is 0 Å². The molecule has 0 aliphatic heterocycles. The fourth-order valence-electron chi connectivity index (χ4n) is 2.07. The second-order valence-corrected chi connectivity index (χ2v) is 4.83.